The van der Waals surface area contributed by atoms with E-state index in [0.717, 1.165) is 37.7 Å². The van der Waals surface area contributed by atoms with E-state index < -0.39 is 34.4 Å². The Morgan fingerprint density at radius 2 is 1.59 bits per heavy atom. The lowest BCUT2D eigenvalue weighted by atomic mass is 9.94. The lowest BCUT2D eigenvalue weighted by molar-refractivity contribution is -0.141. The molecular weight excluding hydrogens is 562 g/mol. The molecule has 0 bridgehead atoms. The Labute approximate surface area is 245 Å². The second-order valence-corrected chi connectivity index (χ2v) is 12.7. The third kappa shape index (κ3) is 6.31. The summed E-state index contributed by atoms with van der Waals surface area (Å²) in [5.74, 6) is -1.76. The van der Waals surface area contributed by atoms with Gasteiger partial charge in [0.15, 0.2) is 0 Å². The molecule has 1 heterocycles. The molecule has 1 aliphatic heterocycles. The summed E-state index contributed by atoms with van der Waals surface area (Å²) in [7, 11) is -4.22. The zero-order valence-electron chi connectivity index (χ0n) is 22.5. The summed E-state index contributed by atoms with van der Waals surface area (Å²) in [5, 5.41) is 3.55. The summed E-state index contributed by atoms with van der Waals surface area (Å²) in [6, 6.07) is 21.3. The molecule has 0 saturated heterocycles. The van der Waals surface area contributed by atoms with Crippen LogP contribution in [0.15, 0.2) is 83.8 Å². The molecule has 10 heteroatoms. The lowest BCUT2D eigenvalue weighted by Crippen LogP contribution is -2.55. The Balaban J connectivity index is 1.50. The molecule has 3 aromatic carbocycles. The van der Waals surface area contributed by atoms with Gasteiger partial charge in [0.2, 0.25) is 11.8 Å². The molecule has 1 N–H and O–H groups in total. The molecule has 214 valence electrons. The molecule has 0 unspecified atom stereocenters. The number of sulfonamides is 1. The van der Waals surface area contributed by atoms with Crippen LogP contribution < -0.4 is 5.32 Å². The molecule has 2 aliphatic rings. The highest BCUT2D eigenvalue weighted by Gasteiger charge is 2.43. The maximum absolute atomic E-state index is 14.1. The minimum absolute atomic E-state index is 0.00169. The predicted molar refractivity (Wildman–Crippen MR) is 156 cm³/mol. The number of amides is 3. The fourth-order valence-electron chi connectivity index (χ4n) is 5.51. The Kier molecular flexibility index (Phi) is 8.75. The lowest BCUT2D eigenvalue weighted by Gasteiger charge is -2.34. The van der Waals surface area contributed by atoms with Crippen molar-refractivity contribution in [1.82, 2.24) is 14.5 Å². The number of fused-ring (bicyclic) bond motifs is 1. The SMILES string of the molecule is O=C(NC1CCCCC1)[C@@H](Cc1ccccc1)N(Cc1ccccc1Cl)C(=O)CN1C(=O)c2ccccc2S1(=O)=O. The van der Waals surface area contributed by atoms with Crippen LogP contribution in [-0.4, -0.2) is 54.0 Å². The molecule has 41 heavy (non-hydrogen) atoms. The van der Waals surface area contributed by atoms with Gasteiger partial charge in [-0.25, -0.2) is 12.7 Å². The van der Waals surface area contributed by atoms with Crippen LogP contribution in [0.5, 0.6) is 0 Å². The number of rotatable bonds is 9. The number of benzene rings is 3. The molecule has 1 atom stereocenters. The zero-order valence-corrected chi connectivity index (χ0v) is 24.1. The van der Waals surface area contributed by atoms with E-state index in [1.807, 2.05) is 30.3 Å². The summed E-state index contributed by atoms with van der Waals surface area (Å²) in [6.07, 6.45) is 5.09. The van der Waals surface area contributed by atoms with Crippen LogP contribution in [0.25, 0.3) is 0 Å². The molecular formula is C31H32ClN3O5S. The molecule has 5 rings (SSSR count). The molecule has 8 nitrogen and oxygen atoms in total. The van der Waals surface area contributed by atoms with Gasteiger partial charge in [0.1, 0.15) is 17.5 Å². The van der Waals surface area contributed by atoms with E-state index in [9.17, 15) is 22.8 Å². The van der Waals surface area contributed by atoms with E-state index in [4.69, 9.17) is 11.6 Å². The van der Waals surface area contributed by atoms with Crippen LogP contribution >= 0.6 is 11.6 Å². The van der Waals surface area contributed by atoms with Gasteiger partial charge in [-0.1, -0.05) is 91.5 Å². The first-order valence-electron chi connectivity index (χ1n) is 13.8. The van der Waals surface area contributed by atoms with Gasteiger partial charge in [-0.15, -0.1) is 0 Å². The number of nitrogens with one attached hydrogen (secondary N) is 1. The van der Waals surface area contributed by atoms with E-state index >= 15 is 0 Å². The Morgan fingerprint density at radius 3 is 2.29 bits per heavy atom. The van der Waals surface area contributed by atoms with Crippen molar-refractivity contribution in [3.63, 3.8) is 0 Å². The van der Waals surface area contributed by atoms with Crippen LogP contribution in [0.4, 0.5) is 0 Å². The van der Waals surface area contributed by atoms with E-state index in [0.29, 0.717) is 14.9 Å². The van der Waals surface area contributed by atoms with Crippen LogP contribution in [0.3, 0.4) is 0 Å². The van der Waals surface area contributed by atoms with Crippen molar-refractivity contribution in [2.75, 3.05) is 6.54 Å². The molecule has 3 aromatic rings. The molecule has 1 aliphatic carbocycles. The van der Waals surface area contributed by atoms with Crippen LogP contribution in [0.1, 0.15) is 53.6 Å². The first-order valence-corrected chi connectivity index (χ1v) is 15.6. The van der Waals surface area contributed by atoms with Gasteiger partial charge < -0.3 is 10.2 Å². The molecule has 1 saturated carbocycles. The van der Waals surface area contributed by atoms with Crippen molar-refractivity contribution in [3.05, 3.63) is 101 Å². The summed E-state index contributed by atoms with van der Waals surface area (Å²) < 4.78 is 27.1. The number of hydrogen-bond donors (Lipinski definition) is 1. The summed E-state index contributed by atoms with van der Waals surface area (Å²) in [5.41, 5.74) is 1.46. The minimum atomic E-state index is -4.22. The molecule has 0 radical (unpaired) electrons. The van der Waals surface area contributed by atoms with Crippen molar-refractivity contribution < 1.29 is 22.8 Å². The second kappa shape index (κ2) is 12.4. The zero-order chi connectivity index (χ0) is 29.0. The van der Waals surface area contributed by atoms with Gasteiger partial charge in [0.25, 0.3) is 15.9 Å². The molecule has 3 amide bonds. The number of halogens is 1. The van der Waals surface area contributed by atoms with Gasteiger partial charge in [0.05, 0.1) is 5.56 Å². The van der Waals surface area contributed by atoms with E-state index in [1.54, 1.807) is 30.3 Å². The number of carbonyl (C=O) groups is 3. The second-order valence-electron chi connectivity index (χ2n) is 10.5. The van der Waals surface area contributed by atoms with Crippen molar-refractivity contribution in [1.29, 1.82) is 0 Å². The van der Waals surface area contributed by atoms with Crippen LogP contribution in [0, 0.1) is 0 Å². The van der Waals surface area contributed by atoms with Gasteiger partial charge in [0, 0.05) is 24.0 Å². The molecule has 0 spiro atoms. The maximum atomic E-state index is 14.1. The third-order valence-electron chi connectivity index (χ3n) is 7.71. The van der Waals surface area contributed by atoms with Crippen LogP contribution in [-0.2, 0) is 32.6 Å². The van der Waals surface area contributed by atoms with Crippen molar-refractivity contribution in [3.8, 4) is 0 Å². The number of hydrogen-bond acceptors (Lipinski definition) is 5. The fraction of sp³-hybridized carbons (Fsp3) is 0.323. The maximum Gasteiger partial charge on any atom is 0.269 e. The standard InChI is InChI=1S/C31H32ClN3O5S/c32-26-17-9-7-13-23(26)20-34(29(36)21-35-31(38)25-16-8-10-18-28(25)41(35,39)40)27(19-22-11-3-1-4-12-22)30(37)33-24-14-5-2-6-15-24/h1,3-4,7-13,16-18,24,27H,2,5-6,14-15,19-21H2,(H,33,37)/t27-/m1/s1. The number of nitrogens with zero attached hydrogens (tertiary/aromatic N) is 2. The first kappa shape index (κ1) is 28.8. The van der Waals surface area contributed by atoms with Gasteiger partial charge in [-0.05, 0) is 42.2 Å². The third-order valence-corrected chi connectivity index (χ3v) is 9.87. The first-order chi connectivity index (χ1) is 19.8. The average molecular weight is 594 g/mol. The van der Waals surface area contributed by atoms with E-state index in [-0.39, 0.29) is 35.4 Å². The van der Waals surface area contributed by atoms with Crippen molar-refractivity contribution in [2.24, 2.45) is 0 Å². The van der Waals surface area contributed by atoms with Crippen molar-refractivity contribution in [2.45, 2.75) is 62.0 Å². The van der Waals surface area contributed by atoms with Gasteiger partial charge in [-0.3, -0.25) is 14.4 Å². The summed E-state index contributed by atoms with van der Waals surface area (Å²) >= 11 is 6.47. The topological polar surface area (TPSA) is 104 Å². The monoisotopic (exact) mass is 593 g/mol. The van der Waals surface area contributed by atoms with Gasteiger partial charge in [-0.2, -0.15) is 0 Å². The predicted octanol–water partition coefficient (Wildman–Crippen LogP) is 4.57. The van der Waals surface area contributed by atoms with Crippen molar-refractivity contribution >= 4 is 39.3 Å². The average Bonchev–Trinajstić information content (AvgIpc) is 3.17. The van der Waals surface area contributed by atoms with E-state index in [1.165, 1.54) is 23.1 Å². The summed E-state index contributed by atoms with van der Waals surface area (Å²) in [4.78, 5) is 42.3. The van der Waals surface area contributed by atoms with Crippen LogP contribution in [0.2, 0.25) is 5.02 Å². The quantitative estimate of drug-likeness (QED) is 0.391. The smallest absolute Gasteiger partial charge is 0.269 e. The highest BCUT2D eigenvalue weighted by molar-refractivity contribution is 7.90. The number of carbonyl (C=O) groups excluding carboxylic acids is 3. The largest absolute Gasteiger partial charge is 0.352 e. The minimum Gasteiger partial charge on any atom is -0.352 e. The normalized spacial score (nSPS) is 17.1. The summed E-state index contributed by atoms with van der Waals surface area (Å²) in [6.45, 7) is -0.772. The Bertz CT molecular complexity index is 1540. The molecule has 1 fully saturated rings. The highest BCUT2D eigenvalue weighted by Crippen LogP contribution is 2.30. The Hall–Kier alpha value is -3.69. The molecule has 0 aromatic heterocycles. The van der Waals surface area contributed by atoms with E-state index in [2.05, 4.69) is 5.32 Å². The Morgan fingerprint density at radius 1 is 0.927 bits per heavy atom. The van der Waals surface area contributed by atoms with Gasteiger partial charge >= 0.3 is 0 Å². The highest BCUT2D eigenvalue weighted by atomic mass is 35.5. The fourth-order valence-corrected chi connectivity index (χ4v) is 7.22.